The molecule has 0 spiro atoms. The molecule has 1 aromatic carbocycles. The van der Waals surface area contributed by atoms with E-state index in [0.717, 1.165) is 48.2 Å². The first-order valence-electron chi connectivity index (χ1n) is 9.52. The highest BCUT2D eigenvalue weighted by Gasteiger charge is 2.23. The molecule has 3 aromatic rings. The van der Waals surface area contributed by atoms with Gasteiger partial charge in [0, 0.05) is 31.0 Å². The summed E-state index contributed by atoms with van der Waals surface area (Å²) in [5.74, 6) is 2.55. The standard InChI is InChI=1S/C21H22N4O3/c1-2-19-20(27-8-7-26-19)9-16(1)18-12-24-21-14-28-17(13-25(18)21)11-23-10-15-3-5-22-6-4-15/h1-6,9,12,17,23H,7-8,10-11,13-14H2/t17-/m0/s1. The second-order valence-electron chi connectivity index (χ2n) is 6.95. The van der Waals surface area contributed by atoms with Crippen molar-refractivity contribution in [3.8, 4) is 22.8 Å². The highest BCUT2D eigenvalue weighted by Crippen LogP contribution is 2.35. The first kappa shape index (κ1) is 17.2. The van der Waals surface area contributed by atoms with Crippen LogP contribution in [0.5, 0.6) is 11.5 Å². The second-order valence-corrected chi connectivity index (χ2v) is 6.95. The largest absolute Gasteiger partial charge is 0.486 e. The Kier molecular flexibility index (Phi) is 4.68. The summed E-state index contributed by atoms with van der Waals surface area (Å²) < 4.78 is 19.6. The number of ether oxygens (including phenoxy) is 3. The molecule has 28 heavy (non-hydrogen) atoms. The van der Waals surface area contributed by atoms with E-state index >= 15 is 0 Å². The van der Waals surface area contributed by atoms with Gasteiger partial charge in [-0.25, -0.2) is 4.98 Å². The summed E-state index contributed by atoms with van der Waals surface area (Å²) in [6, 6.07) is 10.1. The van der Waals surface area contributed by atoms with Gasteiger partial charge in [0.05, 0.1) is 24.5 Å². The molecule has 7 heteroatoms. The number of benzene rings is 1. The van der Waals surface area contributed by atoms with Crippen LogP contribution in [0.4, 0.5) is 0 Å². The number of fused-ring (bicyclic) bond motifs is 2. The molecule has 0 radical (unpaired) electrons. The van der Waals surface area contributed by atoms with E-state index < -0.39 is 0 Å². The molecular weight excluding hydrogens is 356 g/mol. The number of nitrogens with zero attached hydrogens (tertiary/aromatic N) is 3. The van der Waals surface area contributed by atoms with Crippen molar-refractivity contribution in [2.45, 2.75) is 25.8 Å². The third-order valence-electron chi connectivity index (χ3n) is 5.06. The van der Waals surface area contributed by atoms with Gasteiger partial charge >= 0.3 is 0 Å². The fraction of sp³-hybridized carbons (Fsp3) is 0.333. The maximum Gasteiger partial charge on any atom is 0.162 e. The Labute approximate surface area is 163 Å². The van der Waals surface area contributed by atoms with Gasteiger partial charge in [-0.1, -0.05) is 0 Å². The molecule has 144 valence electrons. The van der Waals surface area contributed by atoms with Crippen LogP contribution in [-0.2, 0) is 24.4 Å². The SMILES string of the molecule is c1cc(CNC[C@H]2Cn3c(-c4ccc5c(c4)OCCO5)cnc3CO2)ccn1. The van der Waals surface area contributed by atoms with E-state index in [4.69, 9.17) is 14.2 Å². The van der Waals surface area contributed by atoms with E-state index in [-0.39, 0.29) is 6.10 Å². The minimum atomic E-state index is 0.0968. The predicted molar refractivity (Wildman–Crippen MR) is 103 cm³/mol. The van der Waals surface area contributed by atoms with Crippen molar-refractivity contribution < 1.29 is 14.2 Å². The van der Waals surface area contributed by atoms with Crippen molar-refractivity contribution in [2.24, 2.45) is 0 Å². The molecule has 0 saturated carbocycles. The lowest BCUT2D eigenvalue weighted by Crippen LogP contribution is -2.36. The zero-order chi connectivity index (χ0) is 18.8. The monoisotopic (exact) mass is 378 g/mol. The minimum absolute atomic E-state index is 0.0968. The Morgan fingerprint density at radius 2 is 1.93 bits per heavy atom. The number of aromatic nitrogens is 3. The van der Waals surface area contributed by atoms with Crippen LogP contribution < -0.4 is 14.8 Å². The van der Waals surface area contributed by atoms with Gasteiger partial charge in [0.25, 0.3) is 0 Å². The van der Waals surface area contributed by atoms with E-state index in [1.165, 1.54) is 5.56 Å². The Morgan fingerprint density at radius 3 is 2.82 bits per heavy atom. The van der Waals surface area contributed by atoms with Gasteiger partial charge in [-0.3, -0.25) is 4.98 Å². The molecular formula is C21H22N4O3. The van der Waals surface area contributed by atoms with E-state index in [1.54, 1.807) is 0 Å². The van der Waals surface area contributed by atoms with Crippen molar-refractivity contribution in [3.63, 3.8) is 0 Å². The number of hydrogen-bond acceptors (Lipinski definition) is 6. The number of hydrogen-bond donors (Lipinski definition) is 1. The molecule has 7 nitrogen and oxygen atoms in total. The molecule has 0 bridgehead atoms. The van der Waals surface area contributed by atoms with Crippen LogP contribution >= 0.6 is 0 Å². The van der Waals surface area contributed by atoms with Gasteiger partial charge in [0.1, 0.15) is 25.6 Å². The van der Waals surface area contributed by atoms with Crippen LogP contribution in [-0.4, -0.2) is 40.4 Å². The maximum atomic E-state index is 5.98. The smallest absolute Gasteiger partial charge is 0.162 e. The fourth-order valence-electron chi connectivity index (χ4n) is 3.62. The molecule has 5 rings (SSSR count). The number of imidazole rings is 1. The lowest BCUT2D eigenvalue weighted by Gasteiger charge is -2.26. The minimum Gasteiger partial charge on any atom is -0.486 e. The predicted octanol–water partition coefficient (Wildman–Crippen LogP) is 2.40. The summed E-state index contributed by atoms with van der Waals surface area (Å²) in [7, 11) is 0. The summed E-state index contributed by atoms with van der Waals surface area (Å²) in [6.45, 7) is 4.04. The van der Waals surface area contributed by atoms with Gasteiger partial charge in [-0.2, -0.15) is 0 Å². The van der Waals surface area contributed by atoms with E-state index in [9.17, 15) is 0 Å². The Balaban J connectivity index is 1.29. The van der Waals surface area contributed by atoms with E-state index in [0.29, 0.717) is 19.8 Å². The molecule has 2 aliphatic heterocycles. The van der Waals surface area contributed by atoms with Crippen molar-refractivity contribution in [1.29, 1.82) is 0 Å². The third kappa shape index (κ3) is 3.46. The van der Waals surface area contributed by atoms with Crippen molar-refractivity contribution in [1.82, 2.24) is 19.9 Å². The zero-order valence-electron chi connectivity index (χ0n) is 15.5. The fourth-order valence-corrected chi connectivity index (χ4v) is 3.62. The lowest BCUT2D eigenvalue weighted by atomic mass is 10.1. The maximum absolute atomic E-state index is 5.98. The normalized spacial score (nSPS) is 17.9. The topological polar surface area (TPSA) is 70.4 Å². The third-order valence-corrected chi connectivity index (χ3v) is 5.06. The molecule has 0 aliphatic carbocycles. The van der Waals surface area contributed by atoms with Gasteiger partial charge in [-0.05, 0) is 35.9 Å². The van der Waals surface area contributed by atoms with E-state index in [2.05, 4.69) is 25.9 Å². The highest BCUT2D eigenvalue weighted by atomic mass is 16.6. The lowest BCUT2D eigenvalue weighted by molar-refractivity contribution is 0.00325. The van der Waals surface area contributed by atoms with Crippen LogP contribution in [0, 0.1) is 0 Å². The summed E-state index contributed by atoms with van der Waals surface area (Å²) >= 11 is 0. The first-order chi connectivity index (χ1) is 13.9. The van der Waals surface area contributed by atoms with Gasteiger partial charge < -0.3 is 24.1 Å². The van der Waals surface area contributed by atoms with Crippen LogP contribution in [0.1, 0.15) is 11.4 Å². The van der Waals surface area contributed by atoms with Crippen molar-refractivity contribution >= 4 is 0 Å². The Hall–Kier alpha value is -2.90. The molecule has 0 amide bonds. The molecule has 0 saturated heterocycles. The van der Waals surface area contributed by atoms with Gasteiger partial charge in [-0.15, -0.1) is 0 Å². The Morgan fingerprint density at radius 1 is 1.07 bits per heavy atom. The molecule has 1 atom stereocenters. The summed E-state index contributed by atoms with van der Waals surface area (Å²) in [4.78, 5) is 8.59. The van der Waals surface area contributed by atoms with Crippen molar-refractivity contribution in [2.75, 3.05) is 19.8 Å². The van der Waals surface area contributed by atoms with Crippen LogP contribution in [0.3, 0.4) is 0 Å². The van der Waals surface area contributed by atoms with Gasteiger partial charge in [0.15, 0.2) is 11.5 Å². The first-order valence-corrected chi connectivity index (χ1v) is 9.52. The molecule has 4 heterocycles. The number of pyridine rings is 1. The van der Waals surface area contributed by atoms with Crippen LogP contribution in [0.25, 0.3) is 11.3 Å². The Bertz CT molecular complexity index is 958. The van der Waals surface area contributed by atoms with Crippen LogP contribution in [0.15, 0.2) is 48.9 Å². The average Bonchev–Trinajstić information content (AvgIpc) is 3.17. The highest BCUT2D eigenvalue weighted by molar-refractivity contribution is 5.64. The molecule has 2 aromatic heterocycles. The molecule has 0 fully saturated rings. The summed E-state index contributed by atoms with van der Waals surface area (Å²) in [5.41, 5.74) is 3.37. The van der Waals surface area contributed by atoms with Gasteiger partial charge in [0.2, 0.25) is 0 Å². The number of rotatable bonds is 5. The summed E-state index contributed by atoms with van der Waals surface area (Å²) in [6.07, 6.45) is 5.63. The molecule has 1 N–H and O–H groups in total. The second kappa shape index (κ2) is 7.61. The van der Waals surface area contributed by atoms with E-state index in [1.807, 2.05) is 42.9 Å². The molecule has 2 aliphatic rings. The summed E-state index contributed by atoms with van der Waals surface area (Å²) in [5, 5.41) is 3.47. The molecule has 0 unspecified atom stereocenters. The van der Waals surface area contributed by atoms with Crippen LogP contribution in [0.2, 0.25) is 0 Å². The van der Waals surface area contributed by atoms with Crippen molar-refractivity contribution in [3.05, 3.63) is 60.3 Å². The number of nitrogens with one attached hydrogen (secondary N) is 1. The quantitative estimate of drug-likeness (QED) is 0.735. The zero-order valence-corrected chi connectivity index (χ0v) is 15.5. The average molecular weight is 378 g/mol.